The van der Waals surface area contributed by atoms with Crippen molar-refractivity contribution in [2.45, 2.75) is 25.8 Å². The van der Waals surface area contributed by atoms with Crippen LogP contribution in [0.3, 0.4) is 0 Å². The lowest BCUT2D eigenvalue weighted by molar-refractivity contribution is -0.121. The van der Waals surface area contributed by atoms with Gasteiger partial charge in [0.25, 0.3) is 0 Å². The van der Waals surface area contributed by atoms with E-state index >= 15 is 0 Å². The molecule has 0 unspecified atom stereocenters. The van der Waals surface area contributed by atoms with Crippen LogP contribution in [0.15, 0.2) is 48.9 Å². The van der Waals surface area contributed by atoms with Gasteiger partial charge in [-0.2, -0.15) is 5.10 Å². The lowest BCUT2D eigenvalue weighted by atomic mass is 10.1. The number of H-pyrrole nitrogens is 1. The summed E-state index contributed by atoms with van der Waals surface area (Å²) < 4.78 is 1.87. The van der Waals surface area contributed by atoms with Gasteiger partial charge in [-0.05, 0) is 30.5 Å². The van der Waals surface area contributed by atoms with Gasteiger partial charge >= 0.3 is 0 Å². The Balaban J connectivity index is 1.40. The Bertz CT molecular complexity index is 730. The van der Waals surface area contributed by atoms with E-state index in [0.29, 0.717) is 13.0 Å². The molecule has 1 aromatic carbocycles. The van der Waals surface area contributed by atoms with Gasteiger partial charge in [0.1, 0.15) is 0 Å². The first-order chi connectivity index (χ1) is 10.8. The van der Waals surface area contributed by atoms with Crippen LogP contribution >= 0.6 is 0 Å². The molecular formula is C17H20N4O. The molecule has 0 spiro atoms. The second-order valence-electron chi connectivity index (χ2n) is 5.33. The monoisotopic (exact) mass is 296 g/mol. The largest absolute Gasteiger partial charge is 0.361 e. The predicted molar refractivity (Wildman–Crippen MR) is 86.5 cm³/mol. The van der Waals surface area contributed by atoms with Gasteiger partial charge in [-0.25, -0.2) is 0 Å². The molecule has 22 heavy (non-hydrogen) atoms. The summed E-state index contributed by atoms with van der Waals surface area (Å²) in [5.74, 6) is 0.103. The lowest BCUT2D eigenvalue weighted by Crippen LogP contribution is -2.25. The maximum Gasteiger partial charge on any atom is 0.220 e. The van der Waals surface area contributed by atoms with Gasteiger partial charge in [-0.1, -0.05) is 18.2 Å². The van der Waals surface area contributed by atoms with Crippen molar-refractivity contribution < 1.29 is 4.79 Å². The quantitative estimate of drug-likeness (QED) is 0.658. The molecule has 0 radical (unpaired) electrons. The molecule has 114 valence electrons. The fourth-order valence-corrected chi connectivity index (χ4v) is 2.58. The number of aryl methyl sites for hydroxylation is 2. The van der Waals surface area contributed by atoms with E-state index < -0.39 is 0 Å². The molecule has 0 saturated heterocycles. The number of nitrogens with one attached hydrogen (secondary N) is 2. The van der Waals surface area contributed by atoms with Crippen molar-refractivity contribution in [3.05, 3.63) is 54.5 Å². The molecule has 1 amide bonds. The SMILES string of the molecule is O=C(CCc1c[nH]c2ccccc12)NCCCn1cccn1. The summed E-state index contributed by atoms with van der Waals surface area (Å²) in [5.41, 5.74) is 2.32. The van der Waals surface area contributed by atoms with E-state index in [2.05, 4.69) is 21.5 Å². The molecular weight excluding hydrogens is 276 g/mol. The van der Waals surface area contributed by atoms with Crippen molar-refractivity contribution >= 4 is 16.8 Å². The molecule has 0 saturated carbocycles. The van der Waals surface area contributed by atoms with Gasteiger partial charge in [0.15, 0.2) is 0 Å². The minimum absolute atomic E-state index is 0.103. The second kappa shape index (κ2) is 6.93. The van der Waals surface area contributed by atoms with Crippen LogP contribution in [-0.4, -0.2) is 27.2 Å². The first-order valence-corrected chi connectivity index (χ1v) is 7.62. The van der Waals surface area contributed by atoms with E-state index in [0.717, 1.165) is 24.9 Å². The minimum atomic E-state index is 0.103. The molecule has 2 heterocycles. The third-order valence-corrected chi connectivity index (χ3v) is 3.74. The van der Waals surface area contributed by atoms with Crippen molar-refractivity contribution in [2.75, 3.05) is 6.54 Å². The van der Waals surface area contributed by atoms with Gasteiger partial charge in [0.2, 0.25) is 5.91 Å². The number of carbonyl (C=O) groups is 1. The van der Waals surface area contributed by atoms with Crippen molar-refractivity contribution in [2.24, 2.45) is 0 Å². The minimum Gasteiger partial charge on any atom is -0.361 e. The Morgan fingerprint density at radius 3 is 3.05 bits per heavy atom. The molecule has 5 heteroatoms. The Labute approximate surface area is 129 Å². The fourth-order valence-electron chi connectivity index (χ4n) is 2.58. The second-order valence-corrected chi connectivity index (χ2v) is 5.33. The number of para-hydroxylation sites is 1. The Morgan fingerprint density at radius 1 is 1.27 bits per heavy atom. The van der Waals surface area contributed by atoms with Crippen molar-refractivity contribution in [3.8, 4) is 0 Å². The highest BCUT2D eigenvalue weighted by Gasteiger charge is 2.06. The Morgan fingerprint density at radius 2 is 2.18 bits per heavy atom. The Hall–Kier alpha value is -2.56. The highest BCUT2D eigenvalue weighted by Crippen LogP contribution is 2.18. The van der Waals surface area contributed by atoms with Crippen molar-refractivity contribution in [1.29, 1.82) is 0 Å². The number of amides is 1. The first kappa shape index (κ1) is 14.4. The van der Waals surface area contributed by atoms with E-state index in [-0.39, 0.29) is 5.91 Å². The van der Waals surface area contributed by atoms with Crippen LogP contribution in [-0.2, 0) is 17.8 Å². The standard InChI is InChI=1S/C17H20N4O/c22-17(18-9-3-11-21-12-4-10-20-21)8-7-14-13-19-16-6-2-1-5-15(14)16/h1-2,4-6,10,12-13,19H,3,7-9,11H2,(H,18,22). The molecule has 5 nitrogen and oxygen atoms in total. The molecule has 2 N–H and O–H groups in total. The molecule has 0 aliphatic heterocycles. The van der Waals surface area contributed by atoms with E-state index in [9.17, 15) is 4.79 Å². The summed E-state index contributed by atoms with van der Waals surface area (Å²) in [7, 11) is 0. The number of carbonyl (C=O) groups excluding carboxylic acids is 1. The van der Waals surface area contributed by atoms with E-state index in [1.165, 1.54) is 10.9 Å². The molecule has 0 aliphatic rings. The average Bonchev–Trinajstić information content (AvgIpc) is 3.19. The van der Waals surface area contributed by atoms with E-state index in [1.54, 1.807) is 6.20 Å². The molecule has 3 rings (SSSR count). The molecule has 0 fully saturated rings. The van der Waals surface area contributed by atoms with Gasteiger partial charge in [0, 0.05) is 49.0 Å². The molecule has 2 aromatic heterocycles. The lowest BCUT2D eigenvalue weighted by Gasteiger charge is -2.05. The Kier molecular flexibility index (Phi) is 4.53. The topological polar surface area (TPSA) is 62.7 Å². The third-order valence-electron chi connectivity index (χ3n) is 3.74. The molecule has 0 atom stereocenters. The van der Waals surface area contributed by atoms with Gasteiger partial charge in [-0.3, -0.25) is 9.48 Å². The predicted octanol–water partition coefficient (Wildman–Crippen LogP) is 2.50. The zero-order valence-corrected chi connectivity index (χ0v) is 12.5. The summed E-state index contributed by atoms with van der Waals surface area (Å²) in [6, 6.07) is 10.1. The number of aromatic amines is 1. The number of rotatable bonds is 7. The van der Waals surface area contributed by atoms with Crippen LogP contribution in [0, 0.1) is 0 Å². The zero-order chi connectivity index (χ0) is 15.2. The van der Waals surface area contributed by atoms with Gasteiger partial charge < -0.3 is 10.3 Å². The molecule has 3 aromatic rings. The van der Waals surface area contributed by atoms with Crippen molar-refractivity contribution in [1.82, 2.24) is 20.1 Å². The number of hydrogen-bond donors (Lipinski definition) is 2. The third kappa shape index (κ3) is 3.55. The number of benzene rings is 1. The van der Waals surface area contributed by atoms with Crippen LogP contribution in [0.5, 0.6) is 0 Å². The number of nitrogens with zero attached hydrogens (tertiary/aromatic N) is 2. The van der Waals surface area contributed by atoms with Gasteiger partial charge in [-0.15, -0.1) is 0 Å². The van der Waals surface area contributed by atoms with E-state index in [1.807, 2.05) is 41.3 Å². The van der Waals surface area contributed by atoms with Crippen LogP contribution in [0.4, 0.5) is 0 Å². The average molecular weight is 296 g/mol. The van der Waals surface area contributed by atoms with Crippen LogP contribution in [0.25, 0.3) is 10.9 Å². The maximum absolute atomic E-state index is 11.9. The van der Waals surface area contributed by atoms with E-state index in [4.69, 9.17) is 0 Å². The summed E-state index contributed by atoms with van der Waals surface area (Å²) in [4.78, 5) is 15.1. The number of hydrogen-bond acceptors (Lipinski definition) is 2. The summed E-state index contributed by atoms with van der Waals surface area (Å²) in [6.45, 7) is 1.52. The smallest absolute Gasteiger partial charge is 0.220 e. The highest BCUT2D eigenvalue weighted by atomic mass is 16.1. The van der Waals surface area contributed by atoms with Gasteiger partial charge in [0.05, 0.1) is 0 Å². The normalized spacial score (nSPS) is 10.9. The molecule has 0 bridgehead atoms. The summed E-state index contributed by atoms with van der Waals surface area (Å²) in [6.07, 6.45) is 7.85. The zero-order valence-electron chi connectivity index (χ0n) is 12.5. The van der Waals surface area contributed by atoms with Crippen LogP contribution in [0.2, 0.25) is 0 Å². The van der Waals surface area contributed by atoms with Crippen molar-refractivity contribution in [3.63, 3.8) is 0 Å². The first-order valence-electron chi connectivity index (χ1n) is 7.62. The molecule has 0 aliphatic carbocycles. The fraction of sp³-hybridized carbons (Fsp3) is 0.294. The summed E-state index contributed by atoms with van der Waals surface area (Å²) in [5, 5.41) is 8.30. The number of aromatic nitrogens is 3. The highest BCUT2D eigenvalue weighted by molar-refractivity contribution is 5.84. The maximum atomic E-state index is 11.9. The van der Waals surface area contributed by atoms with Crippen LogP contribution in [0.1, 0.15) is 18.4 Å². The summed E-state index contributed by atoms with van der Waals surface area (Å²) >= 11 is 0. The van der Waals surface area contributed by atoms with Crippen LogP contribution < -0.4 is 5.32 Å². The number of fused-ring (bicyclic) bond motifs is 1.